The molecule has 1 heterocycles. The first-order chi connectivity index (χ1) is 13.0. The van der Waals surface area contributed by atoms with Gasteiger partial charge in [-0.3, -0.25) is 4.79 Å². The summed E-state index contributed by atoms with van der Waals surface area (Å²) in [6, 6.07) is 23.1. The van der Waals surface area contributed by atoms with E-state index in [2.05, 4.69) is 6.07 Å². The minimum absolute atomic E-state index is 0.296. The van der Waals surface area contributed by atoms with Gasteiger partial charge in [-0.05, 0) is 41.5 Å². The normalized spacial score (nSPS) is 18.3. The Labute approximate surface area is 161 Å². The molecule has 0 unspecified atom stereocenters. The molecule has 4 nitrogen and oxygen atoms in total. The maximum absolute atomic E-state index is 13.3. The molecule has 27 heavy (non-hydrogen) atoms. The second-order valence-corrected chi connectivity index (χ2v) is 6.87. The molecule has 1 amide bonds. The van der Waals surface area contributed by atoms with Crippen LogP contribution < -0.4 is 4.90 Å². The van der Waals surface area contributed by atoms with Crippen LogP contribution in [0.1, 0.15) is 22.3 Å². The number of rotatable bonds is 3. The average Bonchev–Trinajstić information content (AvgIpc) is 2.92. The van der Waals surface area contributed by atoms with Crippen LogP contribution in [0.2, 0.25) is 5.02 Å². The van der Waals surface area contributed by atoms with E-state index in [1.165, 1.54) is 0 Å². The van der Waals surface area contributed by atoms with E-state index in [1.807, 2.05) is 24.3 Å². The molecule has 3 aromatic rings. The molecular formula is C22H15ClN2O2. The Morgan fingerprint density at radius 2 is 1.78 bits per heavy atom. The first-order valence-corrected chi connectivity index (χ1v) is 8.81. The van der Waals surface area contributed by atoms with Crippen molar-refractivity contribution in [3.63, 3.8) is 0 Å². The van der Waals surface area contributed by atoms with Gasteiger partial charge in [0.25, 0.3) is 5.91 Å². The van der Waals surface area contributed by atoms with Crippen molar-refractivity contribution in [3.05, 3.63) is 100 Å². The highest BCUT2D eigenvalue weighted by Gasteiger charge is 2.50. The summed E-state index contributed by atoms with van der Waals surface area (Å²) >= 11 is 6.09. The van der Waals surface area contributed by atoms with Crippen molar-refractivity contribution in [1.29, 1.82) is 5.26 Å². The average molecular weight is 375 g/mol. The van der Waals surface area contributed by atoms with Crippen molar-refractivity contribution in [2.45, 2.75) is 12.1 Å². The van der Waals surface area contributed by atoms with E-state index >= 15 is 0 Å². The number of para-hydroxylation sites is 1. The van der Waals surface area contributed by atoms with Gasteiger partial charge in [0.2, 0.25) is 0 Å². The summed E-state index contributed by atoms with van der Waals surface area (Å²) in [4.78, 5) is 14.9. The Bertz CT molecular complexity index is 1070. The predicted octanol–water partition coefficient (Wildman–Crippen LogP) is 3.99. The Morgan fingerprint density at radius 1 is 1.04 bits per heavy atom. The van der Waals surface area contributed by atoms with Gasteiger partial charge in [0, 0.05) is 10.6 Å². The lowest BCUT2D eigenvalue weighted by Gasteiger charge is -2.24. The minimum atomic E-state index is -1.78. The van der Waals surface area contributed by atoms with E-state index < -0.39 is 11.5 Å². The zero-order valence-electron chi connectivity index (χ0n) is 14.3. The third-order valence-corrected chi connectivity index (χ3v) is 5.04. The maximum Gasteiger partial charge on any atom is 0.268 e. The number of hydrogen-bond donors (Lipinski definition) is 1. The first-order valence-electron chi connectivity index (χ1n) is 8.43. The number of nitriles is 1. The third-order valence-electron chi connectivity index (χ3n) is 4.81. The molecule has 0 saturated heterocycles. The van der Waals surface area contributed by atoms with Crippen LogP contribution in [-0.4, -0.2) is 11.0 Å². The summed E-state index contributed by atoms with van der Waals surface area (Å²) in [7, 11) is 0. The molecular weight excluding hydrogens is 360 g/mol. The quantitative estimate of drug-likeness (QED) is 0.753. The van der Waals surface area contributed by atoms with Crippen molar-refractivity contribution < 1.29 is 9.90 Å². The van der Waals surface area contributed by atoms with Crippen LogP contribution in [0.25, 0.3) is 0 Å². The number of anilines is 1. The molecule has 0 radical (unpaired) electrons. The summed E-state index contributed by atoms with van der Waals surface area (Å²) in [6.07, 6.45) is 0. The molecule has 0 saturated carbocycles. The van der Waals surface area contributed by atoms with Crippen LogP contribution in [0.3, 0.4) is 0 Å². The summed E-state index contributed by atoms with van der Waals surface area (Å²) in [5.41, 5.74) is 1.28. The van der Waals surface area contributed by atoms with Crippen LogP contribution in [0, 0.1) is 11.3 Å². The highest BCUT2D eigenvalue weighted by Crippen LogP contribution is 2.45. The Kier molecular flexibility index (Phi) is 4.19. The summed E-state index contributed by atoms with van der Waals surface area (Å²) in [6.45, 7) is 0.296. The van der Waals surface area contributed by atoms with Crippen molar-refractivity contribution >= 4 is 23.2 Å². The van der Waals surface area contributed by atoms with Crippen LogP contribution >= 0.6 is 11.6 Å². The van der Waals surface area contributed by atoms with Crippen molar-refractivity contribution in [2.24, 2.45) is 0 Å². The zero-order chi connectivity index (χ0) is 19.0. The second-order valence-electron chi connectivity index (χ2n) is 6.44. The number of carbonyl (C=O) groups excluding carboxylic acids is 1. The number of hydrogen-bond acceptors (Lipinski definition) is 3. The smallest absolute Gasteiger partial charge is 0.268 e. The largest absolute Gasteiger partial charge is 0.372 e. The molecule has 1 atom stereocenters. The van der Waals surface area contributed by atoms with E-state index in [9.17, 15) is 9.90 Å². The highest BCUT2D eigenvalue weighted by atomic mass is 35.5. The fraction of sp³-hybridized carbons (Fsp3) is 0.0909. The predicted molar refractivity (Wildman–Crippen MR) is 103 cm³/mol. The highest BCUT2D eigenvalue weighted by molar-refractivity contribution is 6.30. The summed E-state index contributed by atoms with van der Waals surface area (Å²) in [5.74, 6) is -0.421. The number of halogens is 1. The van der Waals surface area contributed by atoms with Crippen LogP contribution in [0.4, 0.5) is 5.69 Å². The molecule has 1 aliphatic heterocycles. The van der Waals surface area contributed by atoms with E-state index in [-0.39, 0.29) is 0 Å². The minimum Gasteiger partial charge on any atom is -0.372 e. The van der Waals surface area contributed by atoms with Crippen LogP contribution in [0.15, 0.2) is 72.8 Å². The number of benzene rings is 3. The van der Waals surface area contributed by atoms with Crippen molar-refractivity contribution in [3.8, 4) is 6.07 Å². The molecule has 4 rings (SSSR count). The van der Waals surface area contributed by atoms with Crippen molar-refractivity contribution in [1.82, 2.24) is 0 Å². The van der Waals surface area contributed by atoms with Gasteiger partial charge < -0.3 is 10.0 Å². The molecule has 1 N–H and O–H groups in total. The van der Waals surface area contributed by atoms with Crippen LogP contribution in [-0.2, 0) is 16.9 Å². The second kappa shape index (κ2) is 6.55. The van der Waals surface area contributed by atoms with Gasteiger partial charge in [-0.15, -0.1) is 0 Å². The van der Waals surface area contributed by atoms with E-state index in [4.69, 9.17) is 16.9 Å². The lowest BCUT2D eigenvalue weighted by Crippen LogP contribution is -2.40. The summed E-state index contributed by atoms with van der Waals surface area (Å²) in [5, 5.41) is 20.8. The van der Waals surface area contributed by atoms with Gasteiger partial charge >= 0.3 is 0 Å². The number of amides is 1. The lowest BCUT2D eigenvalue weighted by molar-refractivity contribution is -0.132. The molecule has 0 spiro atoms. The monoisotopic (exact) mass is 374 g/mol. The first kappa shape index (κ1) is 17.3. The standard InChI is InChI=1S/C22H15ClN2O2/c23-18-5-3-4-17(12-18)22(27)19-6-1-2-7-20(19)25(21(22)26)14-16-10-8-15(13-24)9-11-16/h1-12,27H,14H2/t22-/m0/s1. The molecule has 5 heteroatoms. The topological polar surface area (TPSA) is 64.3 Å². The van der Waals surface area contributed by atoms with E-state index in [0.717, 1.165) is 5.56 Å². The van der Waals surface area contributed by atoms with Gasteiger partial charge in [0.1, 0.15) is 0 Å². The molecule has 1 aliphatic rings. The van der Waals surface area contributed by atoms with E-state index in [1.54, 1.807) is 53.4 Å². The van der Waals surface area contributed by atoms with Gasteiger partial charge in [0.05, 0.1) is 23.9 Å². The Morgan fingerprint density at radius 3 is 2.48 bits per heavy atom. The third kappa shape index (κ3) is 2.78. The molecule has 0 bridgehead atoms. The fourth-order valence-corrected chi connectivity index (χ4v) is 3.64. The number of aliphatic hydroxyl groups is 1. The fourth-order valence-electron chi connectivity index (χ4n) is 3.45. The maximum atomic E-state index is 13.3. The van der Waals surface area contributed by atoms with Crippen LogP contribution in [0.5, 0.6) is 0 Å². The number of fused-ring (bicyclic) bond motifs is 1. The molecule has 0 aromatic heterocycles. The van der Waals surface area contributed by atoms with Crippen molar-refractivity contribution in [2.75, 3.05) is 4.90 Å². The van der Waals surface area contributed by atoms with Gasteiger partial charge in [-0.2, -0.15) is 5.26 Å². The number of nitrogens with zero attached hydrogens (tertiary/aromatic N) is 2. The van der Waals surface area contributed by atoms with Gasteiger partial charge in [-0.1, -0.05) is 54.1 Å². The molecule has 0 aliphatic carbocycles. The molecule has 3 aromatic carbocycles. The molecule has 0 fully saturated rings. The SMILES string of the molecule is N#Cc1ccc(CN2C(=O)[C@](O)(c3cccc(Cl)c3)c3ccccc32)cc1. The molecule has 132 valence electrons. The van der Waals surface area contributed by atoms with E-state index in [0.29, 0.717) is 33.9 Å². The zero-order valence-corrected chi connectivity index (χ0v) is 15.0. The summed E-state index contributed by atoms with van der Waals surface area (Å²) < 4.78 is 0. The number of carbonyl (C=O) groups is 1. The lowest BCUT2D eigenvalue weighted by atomic mass is 9.87. The Balaban J connectivity index is 1.79. The Hall–Kier alpha value is -3.13. The van der Waals surface area contributed by atoms with Gasteiger partial charge in [0.15, 0.2) is 5.60 Å². The van der Waals surface area contributed by atoms with Gasteiger partial charge in [-0.25, -0.2) is 0 Å².